The first kappa shape index (κ1) is 16.4. The van der Waals surface area contributed by atoms with Crippen molar-refractivity contribution in [2.45, 2.75) is 13.8 Å². The molecule has 0 spiro atoms. The molecule has 4 aromatic rings. The van der Waals surface area contributed by atoms with Gasteiger partial charge in [0.05, 0.1) is 32.9 Å². The lowest BCUT2D eigenvalue weighted by Gasteiger charge is -2.05. The molecule has 0 aliphatic carbocycles. The van der Waals surface area contributed by atoms with E-state index in [4.69, 9.17) is 0 Å². The number of hydrogen-bond acceptors (Lipinski definition) is 4. The lowest BCUT2D eigenvalue weighted by Crippen LogP contribution is -2.14. The number of thiazole rings is 1. The average molecular weight is 366 g/mol. The molecular weight excluding hydrogens is 351 g/mol. The summed E-state index contributed by atoms with van der Waals surface area (Å²) in [6, 6.07) is 13.7. The molecule has 4 rings (SSSR count). The molecular formula is C19H15FN4OS. The Balaban J connectivity index is 1.66. The molecule has 0 bridgehead atoms. The third-order valence-electron chi connectivity index (χ3n) is 4.10. The summed E-state index contributed by atoms with van der Waals surface area (Å²) in [4.78, 5) is 17.2. The van der Waals surface area contributed by atoms with E-state index in [1.807, 2.05) is 31.2 Å². The van der Waals surface area contributed by atoms with Gasteiger partial charge >= 0.3 is 0 Å². The van der Waals surface area contributed by atoms with Crippen LogP contribution in [0.25, 0.3) is 15.9 Å². The average Bonchev–Trinajstić information content (AvgIpc) is 3.15. The largest absolute Gasteiger partial charge is 0.298 e. The maximum absolute atomic E-state index is 13.1. The van der Waals surface area contributed by atoms with E-state index in [9.17, 15) is 9.18 Å². The second-order valence-electron chi connectivity index (χ2n) is 5.87. The molecule has 1 amide bonds. The van der Waals surface area contributed by atoms with Gasteiger partial charge < -0.3 is 0 Å². The number of halogens is 1. The maximum atomic E-state index is 13.1. The van der Waals surface area contributed by atoms with Gasteiger partial charge in [0, 0.05) is 0 Å². The SMILES string of the molecule is Cc1nn(-c2ccc(F)cc2)c(C)c1C(=O)Nc1nc2ccccc2s1. The Morgan fingerprint density at radius 3 is 2.58 bits per heavy atom. The van der Waals surface area contributed by atoms with E-state index in [2.05, 4.69) is 15.4 Å². The first-order valence-electron chi connectivity index (χ1n) is 8.02. The van der Waals surface area contributed by atoms with Crippen LogP contribution in [0.1, 0.15) is 21.7 Å². The van der Waals surface area contributed by atoms with Gasteiger partial charge in [-0.1, -0.05) is 23.5 Å². The van der Waals surface area contributed by atoms with E-state index in [0.29, 0.717) is 27.8 Å². The summed E-state index contributed by atoms with van der Waals surface area (Å²) in [6.45, 7) is 3.59. The zero-order valence-corrected chi connectivity index (χ0v) is 15.0. The number of rotatable bonds is 3. The van der Waals surface area contributed by atoms with Crippen molar-refractivity contribution in [3.05, 3.63) is 71.3 Å². The van der Waals surface area contributed by atoms with E-state index >= 15 is 0 Å². The maximum Gasteiger partial charge on any atom is 0.261 e. The molecule has 26 heavy (non-hydrogen) atoms. The standard InChI is InChI=1S/C19H15FN4OS/c1-11-17(12(2)24(23-11)14-9-7-13(20)8-10-14)18(25)22-19-21-15-5-3-4-6-16(15)26-19/h3-10H,1-2H3,(H,21,22,25). The molecule has 0 atom stereocenters. The Kier molecular flexibility index (Phi) is 4.00. The molecule has 2 aromatic heterocycles. The number of aromatic nitrogens is 3. The smallest absolute Gasteiger partial charge is 0.261 e. The lowest BCUT2D eigenvalue weighted by molar-refractivity contribution is 0.102. The number of nitrogens with one attached hydrogen (secondary N) is 1. The van der Waals surface area contributed by atoms with E-state index in [0.717, 1.165) is 10.2 Å². The molecule has 0 unspecified atom stereocenters. The molecule has 2 heterocycles. The second-order valence-corrected chi connectivity index (χ2v) is 6.91. The van der Waals surface area contributed by atoms with Gasteiger partial charge in [-0.2, -0.15) is 5.10 Å². The Hall–Kier alpha value is -3.06. The number of amides is 1. The van der Waals surface area contributed by atoms with Crippen molar-refractivity contribution >= 4 is 32.6 Å². The fraction of sp³-hybridized carbons (Fsp3) is 0.105. The second kappa shape index (κ2) is 6.34. The lowest BCUT2D eigenvalue weighted by atomic mass is 10.2. The summed E-state index contributed by atoms with van der Waals surface area (Å²) >= 11 is 1.42. The highest BCUT2D eigenvalue weighted by Gasteiger charge is 2.20. The molecule has 1 N–H and O–H groups in total. The van der Waals surface area contributed by atoms with Crippen LogP contribution in [-0.2, 0) is 0 Å². The summed E-state index contributed by atoms with van der Waals surface area (Å²) in [5.74, 6) is -0.573. The number of benzene rings is 2. The topological polar surface area (TPSA) is 59.8 Å². The monoisotopic (exact) mass is 366 g/mol. The minimum atomic E-state index is -0.316. The van der Waals surface area contributed by atoms with Crippen molar-refractivity contribution in [2.24, 2.45) is 0 Å². The predicted octanol–water partition coefficient (Wildman–Crippen LogP) is 4.49. The van der Waals surface area contributed by atoms with Gasteiger partial charge in [0.2, 0.25) is 0 Å². The van der Waals surface area contributed by atoms with Gasteiger partial charge in [0.1, 0.15) is 5.82 Å². The Labute approximate surface area is 153 Å². The normalized spacial score (nSPS) is 11.0. The van der Waals surface area contributed by atoms with Crippen molar-refractivity contribution in [1.82, 2.24) is 14.8 Å². The number of anilines is 1. The van der Waals surface area contributed by atoms with Gasteiger partial charge in [-0.15, -0.1) is 0 Å². The van der Waals surface area contributed by atoms with E-state index in [1.165, 1.54) is 23.5 Å². The first-order valence-corrected chi connectivity index (χ1v) is 8.83. The molecule has 130 valence electrons. The highest BCUT2D eigenvalue weighted by molar-refractivity contribution is 7.22. The molecule has 0 saturated carbocycles. The quantitative estimate of drug-likeness (QED) is 0.581. The highest BCUT2D eigenvalue weighted by Crippen LogP contribution is 2.26. The Bertz CT molecular complexity index is 1080. The van der Waals surface area contributed by atoms with Gasteiger partial charge in [0.25, 0.3) is 5.91 Å². The van der Waals surface area contributed by atoms with Crippen LogP contribution in [0.3, 0.4) is 0 Å². The number of fused-ring (bicyclic) bond motifs is 1. The summed E-state index contributed by atoms with van der Waals surface area (Å²) in [6.07, 6.45) is 0. The molecule has 0 fully saturated rings. The van der Waals surface area contributed by atoms with Gasteiger partial charge in [-0.05, 0) is 50.2 Å². The molecule has 7 heteroatoms. The zero-order chi connectivity index (χ0) is 18.3. The fourth-order valence-electron chi connectivity index (χ4n) is 2.89. The number of carbonyl (C=O) groups is 1. The summed E-state index contributed by atoms with van der Waals surface area (Å²) in [5.41, 5.74) is 3.33. The molecule has 0 aliphatic rings. The van der Waals surface area contributed by atoms with Crippen LogP contribution < -0.4 is 5.32 Å². The van der Waals surface area contributed by atoms with E-state index in [1.54, 1.807) is 23.7 Å². The van der Waals surface area contributed by atoms with Crippen molar-refractivity contribution < 1.29 is 9.18 Å². The zero-order valence-electron chi connectivity index (χ0n) is 14.2. The fourth-order valence-corrected chi connectivity index (χ4v) is 3.75. The Morgan fingerprint density at radius 2 is 1.85 bits per heavy atom. The summed E-state index contributed by atoms with van der Waals surface area (Å²) in [7, 11) is 0. The predicted molar refractivity (Wildman–Crippen MR) is 101 cm³/mol. The highest BCUT2D eigenvalue weighted by atomic mass is 32.1. The molecule has 5 nitrogen and oxygen atoms in total. The first-order chi connectivity index (χ1) is 12.5. The Morgan fingerprint density at radius 1 is 1.12 bits per heavy atom. The van der Waals surface area contributed by atoms with Crippen molar-refractivity contribution in [2.75, 3.05) is 5.32 Å². The molecule has 0 radical (unpaired) electrons. The number of aryl methyl sites for hydroxylation is 1. The van der Waals surface area contributed by atoms with Crippen molar-refractivity contribution in [1.29, 1.82) is 0 Å². The van der Waals surface area contributed by atoms with Gasteiger partial charge in [0.15, 0.2) is 5.13 Å². The summed E-state index contributed by atoms with van der Waals surface area (Å²) in [5, 5.41) is 7.84. The third kappa shape index (κ3) is 2.86. The van der Waals surface area contributed by atoms with Crippen LogP contribution in [0.15, 0.2) is 48.5 Å². The van der Waals surface area contributed by atoms with Crippen molar-refractivity contribution in [3.8, 4) is 5.69 Å². The third-order valence-corrected chi connectivity index (χ3v) is 5.06. The molecule has 0 aliphatic heterocycles. The molecule has 2 aromatic carbocycles. The van der Waals surface area contributed by atoms with E-state index in [-0.39, 0.29) is 11.7 Å². The van der Waals surface area contributed by atoms with Crippen LogP contribution in [0, 0.1) is 19.7 Å². The molecule has 0 saturated heterocycles. The van der Waals surface area contributed by atoms with Crippen LogP contribution in [0.5, 0.6) is 0 Å². The van der Waals surface area contributed by atoms with Gasteiger partial charge in [-0.3, -0.25) is 10.1 Å². The van der Waals surface area contributed by atoms with Gasteiger partial charge in [-0.25, -0.2) is 14.1 Å². The van der Waals surface area contributed by atoms with Crippen molar-refractivity contribution in [3.63, 3.8) is 0 Å². The van der Waals surface area contributed by atoms with Crippen LogP contribution >= 0.6 is 11.3 Å². The number of carbonyl (C=O) groups excluding carboxylic acids is 1. The number of nitrogens with zero attached hydrogens (tertiary/aromatic N) is 3. The van der Waals surface area contributed by atoms with E-state index < -0.39 is 0 Å². The minimum absolute atomic E-state index is 0.257. The number of para-hydroxylation sites is 1. The minimum Gasteiger partial charge on any atom is -0.298 e. The van der Waals surface area contributed by atoms with Crippen LogP contribution in [0.2, 0.25) is 0 Å². The van der Waals surface area contributed by atoms with Crippen LogP contribution in [-0.4, -0.2) is 20.7 Å². The summed E-state index contributed by atoms with van der Waals surface area (Å²) < 4.78 is 15.8. The number of hydrogen-bond donors (Lipinski definition) is 1. The van der Waals surface area contributed by atoms with Crippen LogP contribution in [0.4, 0.5) is 9.52 Å².